The number of ether oxygens (including phenoxy) is 4. The van der Waals surface area contributed by atoms with Crippen molar-refractivity contribution < 1.29 is 18.9 Å². The molecule has 8 bridgehead atoms. The first-order chi connectivity index (χ1) is 38.0. The number of nitrogens with zero attached hydrogens (tertiary/aromatic N) is 6. The Kier molecular flexibility index (Phi) is 16.5. The molecule has 0 fully saturated rings. The normalized spacial score (nSPS) is 12.8. The average Bonchev–Trinajstić information content (AvgIpc) is 4.11. The number of rotatable bonds is 14. The second kappa shape index (κ2) is 23.3. The molecule has 0 atom stereocenters. The van der Waals surface area contributed by atoms with Gasteiger partial charge in [0.1, 0.15) is 60.8 Å². The number of aromatic nitrogens is 6. The Labute approximate surface area is 475 Å². The van der Waals surface area contributed by atoms with Gasteiger partial charge in [0, 0.05) is 25.7 Å². The van der Waals surface area contributed by atoms with Crippen LogP contribution in [0.3, 0.4) is 0 Å². The van der Waals surface area contributed by atoms with Gasteiger partial charge < -0.3 is 18.9 Å². The minimum Gasteiger partial charge on any atom is -0.487 e. The van der Waals surface area contributed by atoms with Gasteiger partial charge in [0.15, 0.2) is 0 Å². The van der Waals surface area contributed by atoms with E-state index in [1.165, 1.54) is 22.3 Å². The summed E-state index contributed by atoms with van der Waals surface area (Å²) in [4.78, 5) is 0. The average molecular weight is 1070 g/mol. The fourth-order valence-corrected chi connectivity index (χ4v) is 10.4. The summed E-state index contributed by atoms with van der Waals surface area (Å²) in [5, 5.41) is 18.3. The lowest BCUT2D eigenvalue weighted by Gasteiger charge is -2.29. The zero-order valence-corrected chi connectivity index (χ0v) is 49.1. The molecule has 2 aromatic heterocycles. The van der Waals surface area contributed by atoms with E-state index in [0.29, 0.717) is 38.8 Å². The molecule has 0 N–H and O–H groups in total. The Morgan fingerprint density at radius 1 is 0.400 bits per heavy atom. The molecule has 1 aliphatic carbocycles. The zero-order chi connectivity index (χ0) is 57.0. The van der Waals surface area contributed by atoms with Gasteiger partial charge in [-0.2, -0.15) is 0 Å². The van der Waals surface area contributed by atoms with E-state index in [2.05, 4.69) is 188 Å². The summed E-state index contributed by atoms with van der Waals surface area (Å²) in [6, 6.07) is 39.0. The molecule has 0 saturated carbocycles. The fourth-order valence-electron chi connectivity index (χ4n) is 10.4. The molecular formula is C70H78N6O4. The van der Waals surface area contributed by atoms with Crippen LogP contribution in [0.5, 0.6) is 23.0 Å². The van der Waals surface area contributed by atoms with Crippen LogP contribution in [0.15, 0.2) is 122 Å². The SMILES string of the molecule is C#CCOc1c2cc(C(C)(C)C)cc1Cc1cc(C(C)(C)C)cc(c1OCc1cn(Cc3ccccc3)nn1)Cc1cc(C(C)(C)C)cc(c1OCC#C)Cc1cc(C(C)(C)C)cc(c1OCc1cn(Cc3ccccc3)nn1)C2. The lowest BCUT2D eigenvalue weighted by molar-refractivity contribution is 0.294. The molecule has 0 spiro atoms. The summed E-state index contributed by atoms with van der Waals surface area (Å²) >= 11 is 0. The van der Waals surface area contributed by atoms with Gasteiger partial charge in [-0.15, -0.1) is 23.0 Å². The molecular weight excluding hydrogens is 989 g/mol. The van der Waals surface area contributed by atoms with Crippen molar-refractivity contribution >= 4 is 0 Å². The molecule has 80 heavy (non-hydrogen) atoms. The molecule has 412 valence electrons. The summed E-state index contributed by atoms with van der Waals surface area (Å²) in [6.07, 6.45) is 18.0. The zero-order valence-electron chi connectivity index (χ0n) is 49.1. The Morgan fingerprint density at radius 2 is 0.662 bits per heavy atom. The molecule has 0 saturated heterocycles. The third kappa shape index (κ3) is 13.7. The molecule has 0 amide bonds. The molecule has 6 aromatic carbocycles. The Hall–Kier alpha value is -8.08. The first-order valence-electron chi connectivity index (χ1n) is 27.9. The lowest BCUT2D eigenvalue weighted by atomic mass is 9.79. The van der Waals surface area contributed by atoms with Crippen molar-refractivity contribution in [3.63, 3.8) is 0 Å². The van der Waals surface area contributed by atoms with Gasteiger partial charge in [-0.3, -0.25) is 0 Å². The summed E-state index contributed by atoms with van der Waals surface area (Å²) in [5.74, 6) is 8.65. The summed E-state index contributed by atoms with van der Waals surface area (Å²) in [7, 11) is 0. The van der Waals surface area contributed by atoms with Crippen LogP contribution in [0.2, 0.25) is 0 Å². The van der Waals surface area contributed by atoms with E-state index in [0.717, 1.165) is 90.0 Å². The Balaban J connectivity index is 1.29. The third-order valence-electron chi connectivity index (χ3n) is 14.8. The van der Waals surface area contributed by atoms with E-state index in [1.807, 2.05) is 58.2 Å². The number of benzene rings is 6. The monoisotopic (exact) mass is 1070 g/mol. The van der Waals surface area contributed by atoms with Crippen LogP contribution >= 0.6 is 0 Å². The van der Waals surface area contributed by atoms with Gasteiger partial charge in [0.2, 0.25) is 0 Å². The molecule has 10 heteroatoms. The summed E-state index contributed by atoms with van der Waals surface area (Å²) in [5.41, 5.74) is 15.5. The van der Waals surface area contributed by atoms with Gasteiger partial charge in [0.05, 0.1) is 25.5 Å². The quantitative estimate of drug-likeness (QED) is 0.0994. The van der Waals surface area contributed by atoms with E-state index in [-0.39, 0.29) is 48.1 Å². The number of hydrogen-bond acceptors (Lipinski definition) is 8. The topological polar surface area (TPSA) is 98.3 Å². The van der Waals surface area contributed by atoms with Crippen LogP contribution in [0, 0.1) is 24.7 Å². The predicted octanol–water partition coefficient (Wildman–Crippen LogP) is 14.0. The molecule has 0 radical (unpaired) electrons. The highest BCUT2D eigenvalue weighted by Crippen LogP contribution is 2.45. The smallest absolute Gasteiger partial charge is 0.148 e. The van der Waals surface area contributed by atoms with E-state index in [1.54, 1.807) is 0 Å². The number of fused-ring (bicyclic) bond motifs is 8. The van der Waals surface area contributed by atoms with Crippen molar-refractivity contribution in [3.8, 4) is 47.7 Å². The number of terminal acetylenes is 2. The van der Waals surface area contributed by atoms with E-state index < -0.39 is 0 Å². The Morgan fingerprint density at radius 3 is 0.912 bits per heavy atom. The van der Waals surface area contributed by atoms with Crippen molar-refractivity contribution in [1.29, 1.82) is 0 Å². The molecule has 2 heterocycles. The molecule has 0 unspecified atom stereocenters. The molecule has 1 aliphatic rings. The van der Waals surface area contributed by atoms with Crippen LogP contribution in [-0.2, 0) is 73.6 Å². The highest BCUT2D eigenvalue weighted by Gasteiger charge is 2.30. The van der Waals surface area contributed by atoms with Crippen molar-refractivity contribution in [2.75, 3.05) is 13.2 Å². The van der Waals surface area contributed by atoms with Gasteiger partial charge >= 0.3 is 0 Å². The van der Waals surface area contributed by atoms with Gasteiger partial charge in [-0.25, -0.2) is 9.36 Å². The minimum absolute atomic E-state index is 0.0879. The highest BCUT2D eigenvalue weighted by molar-refractivity contribution is 5.60. The van der Waals surface area contributed by atoms with Crippen LogP contribution in [0.4, 0.5) is 0 Å². The van der Waals surface area contributed by atoms with Crippen molar-refractivity contribution in [2.45, 2.75) is 157 Å². The van der Waals surface area contributed by atoms with Crippen molar-refractivity contribution in [3.05, 3.63) is 211 Å². The van der Waals surface area contributed by atoms with Crippen LogP contribution in [0.25, 0.3) is 0 Å². The first kappa shape index (κ1) is 56.6. The standard InChI is InChI=1S/C70H78N6O4/c1-15-27-77-63-49-29-53-37-59(69(9,10)11)39-55(65(53)79-45-61-43-75(73-71-61)41-47-23-19-17-20-24-47)31-51-35-58(68(6,7)8)36-52(64(51)78-28-16-2)32-56-40-60(70(12,13)14)38-54(30-50(63)34-57(33-49)67(3,4)5)66(56)80-46-62-44-76(74-72-62)42-48-25-21-18-22-26-48/h1-2,17-26,33-40,43-44H,27-32,41-42,45-46H2,3-14H3. The third-order valence-corrected chi connectivity index (χ3v) is 14.8. The van der Waals surface area contributed by atoms with Gasteiger partial charge in [-0.05, 0) is 99.5 Å². The molecule has 10 nitrogen and oxygen atoms in total. The highest BCUT2D eigenvalue weighted by atomic mass is 16.5. The second-order valence-electron chi connectivity index (χ2n) is 25.6. The minimum atomic E-state index is -0.232. The van der Waals surface area contributed by atoms with Crippen molar-refractivity contribution in [1.82, 2.24) is 30.0 Å². The van der Waals surface area contributed by atoms with Gasteiger partial charge in [-0.1, -0.05) is 215 Å². The van der Waals surface area contributed by atoms with E-state index in [4.69, 9.17) is 31.8 Å². The maximum atomic E-state index is 7.21. The van der Waals surface area contributed by atoms with Crippen LogP contribution in [-0.4, -0.2) is 43.2 Å². The fraction of sp³-hybridized carbons (Fsp3) is 0.371. The molecule has 8 aromatic rings. The first-order valence-corrected chi connectivity index (χ1v) is 27.9. The lowest BCUT2D eigenvalue weighted by Crippen LogP contribution is -2.18. The van der Waals surface area contributed by atoms with E-state index >= 15 is 0 Å². The maximum Gasteiger partial charge on any atom is 0.148 e. The Bertz CT molecular complexity index is 3230. The predicted molar refractivity (Wildman–Crippen MR) is 320 cm³/mol. The van der Waals surface area contributed by atoms with Crippen LogP contribution < -0.4 is 18.9 Å². The summed E-state index contributed by atoms with van der Waals surface area (Å²) < 4.78 is 31.8. The second-order valence-corrected chi connectivity index (χ2v) is 25.6. The molecule has 0 aliphatic heterocycles. The maximum absolute atomic E-state index is 7.21. The largest absolute Gasteiger partial charge is 0.487 e. The molecule has 9 rings (SSSR count). The van der Waals surface area contributed by atoms with Crippen LogP contribution in [0.1, 0.15) is 172 Å². The van der Waals surface area contributed by atoms with E-state index in [9.17, 15) is 0 Å². The summed E-state index contributed by atoms with van der Waals surface area (Å²) in [6.45, 7) is 28.9. The van der Waals surface area contributed by atoms with Gasteiger partial charge in [0.25, 0.3) is 0 Å². The number of hydrogen-bond donors (Lipinski definition) is 0. The van der Waals surface area contributed by atoms with Crippen molar-refractivity contribution in [2.24, 2.45) is 0 Å².